The van der Waals surface area contributed by atoms with Gasteiger partial charge in [0.15, 0.2) is 0 Å². The second kappa shape index (κ2) is 6.80. The molecule has 0 heterocycles. The molecule has 0 aliphatic rings. The van der Waals surface area contributed by atoms with E-state index in [-0.39, 0.29) is 20.1 Å². The standard InChI is InChI=1S/C18H9BrO8S/c19-13-5-3-1-2-4-6(5)14(28)8-7(13)9(15(20)21)11(17(24)25)12(18(26)27)10(8)16(22)23/h1-4,28H,(H,20,21)(H,22,23)(H,24,25)(H,26,27). The number of halogens is 1. The topological polar surface area (TPSA) is 149 Å². The molecule has 0 fully saturated rings. The van der Waals surface area contributed by atoms with Gasteiger partial charge in [0.25, 0.3) is 0 Å². The van der Waals surface area contributed by atoms with Crippen LogP contribution in [0.5, 0.6) is 0 Å². The van der Waals surface area contributed by atoms with Gasteiger partial charge in [-0.3, -0.25) is 0 Å². The molecule has 4 N–H and O–H groups in total. The van der Waals surface area contributed by atoms with Gasteiger partial charge in [0, 0.05) is 20.1 Å². The number of rotatable bonds is 4. The Labute approximate surface area is 169 Å². The van der Waals surface area contributed by atoms with Gasteiger partial charge in [0.2, 0.25) is 0 Å². The molecule has 142 valence electrons. The van der Waals surface area contributed by atoms with E-state index >= 15 is 0 Å². The van der Waals surface area contributed by atoms with Gasteiger partial charge in [-0.2, -0.15) is 0 Å². The highest BCUT2D eigenvalue weighted by molar-refractivity contribution is 9.10. The number of hydrogen-bond acceptors (Lipinski definition) is 5. The summed E-state index contributed by atoms with van der Waals surface area (Å²) in [6.07, 6.45) is 0. The van der Waals surface area contributed by atoms with Crippen LogP contribution in [0.1, 0.15) is 41.4 Å². The molecule has 0 bridgehead atoms. The Morgan fingerprint density at radius 2 is 1.07 bits per heavy atom. The van der Waals surface area contributed by atoms with Crippen molar-refractivity contribution in [3.05, 3.63) is 51.0 Å². The maximum atomic E-state index is 11.9. The average molecular weight is 465 g/mol. The van der Waals surface area contributed by atoms with Crippen molar-refractivity contribution in [1.82, 2.24) is 0 Å². The molecule has 0 atom stereocenters. The van der Waals surface area contributed by atoms with E-state index in [1.54, 1.807) is 24.3 Å². The van der Waals surface area contributed by atoms with Crippen LogP contribution in [-0.4, -0.2) is 44.3 Å². The van der Waals surface area contributed by atoms with Gasteiger partial charge in [-0.1, -0.05) is 24.3 Å². The van der Waals surface area contributed by atoms with E-state index < -0.39 is 46.1 Å². The Morgan fingerprint density at radius 3 is 1.50 bits per heavy atom. The first-order valence-electron chi connectivity index (χ1n) is 7.45. The van der Waals surface area contributed by atoms with E-state index in [2.05, 4.69) is 28.6 Å². The fourth-order valence-corrected chi connectivity index (χ4v) is 4.37. The van der Waals surface area contributed by atoms with Gasteiger partial charge >= 0.3 is 23.9 Å². The van der Waals surface area contributed by atoms with Crippen molar-refractivity contribution in [2.45, 2.75) is 4.90 Å². The average Bonchev–Trinajstić information content (AvgIpc) is 2.63. The Bertz CT molecular complexity index is 1150. The van der Waals surface area contributed by atoms with Crippen LogP contribution in [0.4, 0.5) is 0 Å². The number of fused-ring (bicyclic) bond motifs is 2. The van der Waals surface area contributed by atoms with Gasteiger partial charge in [0.05, 0.1) is 22.3 Å². The smallest absolute Gasteiger partial charge is 0.337 e. The predicted molar refractivity (Wildman–Crippen MR) is 104 cm³/mol. The predicted octanol–water partition coefficient (Wildman–Crippen LogP) is 3.84. The molecule has 0 unspecified atom stereocenters. The van der Waals surface area contributed by atoms with Crippen molar-refractivity contribution in [3.63, 3.8) is 0 Å². The van der Waals surface area contributed by atoms with Gasteiger partial charge in [-0.25, -0.2) is 19.2 Å². The summed E-state index contributed by atoms with van der Waals surface area (Å²) in [7, 11) is 0. The molecule has 0 radical (unpaired) electrons. The number of carboxylic acid groups (broad SMARTS) is 4. The van der Waals surface area contributed by atoms with Crippen molar-refractivity contribution < 1.29 is 39.6 Å². The zero-order chi connectivity index (χ0) is 20.9. The molecule has 0 aliphatic heterocycles. The molecule has 0 spiro atoms. The number of benzene rings is 3. The third kappa shape index (κ3) is 2.69. The molecule has 0 aromatic heterocycles. The summed E-state index contributed by atoms with van der Waals surface area (Å²) in [6, 6.07) is 6.49. The van der Waals surface area contributed by atoms with Crippen molar-refractivity contribution in [1.29, 1.82) is 0 Å². The van der Waals surface area contributed by atoms with Crippen molar-refractivity contribution >= 4 is 74.0 Å². The first kappa shape index (κ1) is 19.6. The molecular formula is C18H9BrO8S. The fraction of sp³-hybridized carbons (Fsp3) is 0. The quantitative estimate of drug-likeness (QED) is 0.288. The lowest BCUT2D eigenvalue weighted by atomic mass is 9.87. The number of hydrogen-bond donors (Lipinski definition) is 5. The molecule has 3 aromatic carbocycles. The van der Waals surface area contributed by atoms with Gasteiger partial charge in [-0.05, 0) is 26.7 Å². The van der Waals surface area contributed by atoms with Crippen LogP contribution in [0, 0.1) is 0 Å². The molecule has 0 aliphatic carbocycles. The zero-order valence-electron chi connectivity index (χ0n) is 13.6. The van der Waals surface area contributed by atoms with Crippen LogP contribution in [0.2, 0.25) is 0 Å². The summed E-state index contributed by atoms with van der Waals surface area (Å²) in [4.78, 5) is 47.5. The molecule has 8 nitrogen and oxygen atoms in total. The van der Waals surface area contributed by atoms with Gasteiger partial charge < -0.3 is 20.4 Å². The van der Waals surface area contributed by atoms with Gasteiger partial charge in [0.1, 0.15) is 0 Å². The van der Waals surface area contributed by atoms with E-state index in [0.717, 1.165) is 0 Å². The lowest BCUT2D eigenvalue weighted by Gasteiger charge is -2.18. The molecular weight excluding hydrogens is 456 g/mol. The number of carboxylic acids is 4. The highest BCUT2D eigenvalue weighted by Crippen LogP contribution is 2.44. The first-order valence-corrected chi connectivity index (χ1v) is 8.69. The van der Waals surface area contributed by atoms with Crippen LogP contribution in [-0.2, 0) is 0 Å². The minimum absolute atomic E-state index is 0.0214. The molecule has 3 rings (SSSR count). The maximum Gasteiger partial charge on any atom is 0.337 e. The Morgan fingerprint density at radius 1 is 0.679 bits per heavy atom. The van der Waals surface area contributed by atoms with E-state index in [0.29, 0.717) is 10.8 Å². The van der Waals surface area contributed by atoms with Crippen molar-refractivity contribution in [3.8, 4) is 0 Å². The zero-order valence-corrected chi connectivity index (χ0v) is 16.0. The van der Waals surface area contributed by atoms with Crippen LogP contribution in [0.3, 0.4) is 0 Å². The Kier molecular flexibility index (Phi) is 4.77. The summed E-state index contributed by atoms with van der Waals surface area (Å²) >= 11 is 7.56. The van der Waals surface area contributed by atoms with E-state index in [1.807, 2.05) is 0 Å². The monoisotopic (exact) mass is 464 g/mol. The summed E-state index contributed by atoms with van der Waals surface area (Å²) in [6.45, 7) is 0. The SMILES string of the molecule is O=C(O)c1c(C(=O)O)c(C(=O)O)c2c(Br)c3ccccc3c(S)c2c1C(=O)O. The molecule has 28 heavy (non-hydrogen) atoms. The highest BCUT2D eigenvalue weighted by atomic mass is 79.9. The van der Waals surface area contributed by atoms with Gasteiger partial charge in [-0.15, -0.1) is 12.6 Å². The number of aromatic carboxylic acids is 4. The highest BCUT2D eigenvalue weighted by Gasteiger charge is 2.35. The van der Waals surface area contributed by atoms with Crippen LogP contribution >= 0.6 is 28.6 Å². The maximum absolute atomic E-state index is 11.9. The molecule has 3 aromatic rings. The van der Waals surface area contributed by atoms with Crippen molar-refractivity contribution in [2.75, 3.05) is 0 Å². The van der Waals surface area contributed by atoms with E-state index in [9.17, 15) is 39.6 Å². The van der Waals surface area contributed by atoms with E-state index in [4.69, 9.17) is 0 Å². The molecule has 0 saturated heterocycles. The first-order chi connectivity index (χ1) is 13.1. The third-order valence-corrected chi connectivity index (χ3v) is 5.52. The Balaban J connectivity index is 2.89. The second-order valence-electron chi connectivity index (χ2n) is 5.68. The number of carbonyl (C=O) groups is 4. The summed E-state index contributed by atoms with van der Waals surface area (Å²) in [5.41, 5.74) is -3.92. The third-order valence-electron chi connectivity index (χ3n) is 4.23. The summed E-state index contributed by atoms with van der Waals surface area (Å²) < 4.78 is 0.121. The lowest BCUT2D eigenvalue weighted by molar-refractivity contribution is 0.0621. The molecule has 0 saturated carbocycles. The normalized spacial score (nSPS) is 10.9. The molecule has 10 heteroatoms. The van der Waals surface area contributed by atoms with Crippen LogP contribution in [0.25, 0.3) is 21.5 Å². The van der Waals surface area contributed by atoms with E-state index in [1.165, 1.54) is 0 Å². The second-order valence-corrected chi connectivity index (χ2v) is 6.92. The lowest BCUT2D eigenvalue weighted by Crippen LogP contribution is -2.20. The minimum atomic E-state index is -1.88. The van der Waals surface area contributed by atoms with Crippen molar-refractivity contribution in [2.24, 2.45) is 0 Å². The van der Waals surface area contributed by atoms with Crippen LogP contribution < -0.4 is 0 Å². The summed E-state index contributed by atoms with van der Waals surface area (Å²) in [5, 5.41) is 38.8. The largest absolute Gasteiger partial charge is 0.478 e. The fourth-order valence-electron chi connectivity index (χ4n) is 3.21. The van der Waals surface area contributed by atoms with Crippen LogP contribution in [0.15, 0.2) is 33.6 Å². The number of thiol groups is 1. The molecule has 0 amide bonds. The Hall–Kier alpha value is -3.11. The summed E-state index contributed by atoms with van der Waals surface area (Å²) in [5.74, 6) is -7.19. The minimum Gasteiger partial charge on any atom is -0.478 e.